The van der Waals surface area contributed by atoms with Gasteiger partial charge in [0.15, 0.2) is 0 Å². The molecule has 6 nitrogen and oxygen atoms in total. The number of aryl methyl sites for hydroxylation is 1. The molecule has 0 saturated heterocycles. The van der Waals surface area contributed by atoms with Gasteiger partial charge in [-0.05, 0) is 25.5 Å². The molecular formula is C12H12N2O4. The summed E-state index contributed by atoms with van der Waals surface area (Å²) in [5.41, 5.74) is 0.858. The first-order chi connectivity index (χ1) is 8.49. The number of rotatable bonds is 4. The van der Waals surface area contributed by atoms with Crippen molar-refractivity contribution in [1.82, 2.24) is 0 Å². The number of benzene rings is 1. The third-order valence-corrected chi connectivity index (χ3v) is 2.38. The Hall–Kier alpha value is -2.42. The van der Waals surface area contributed by atoms with Crippen LogP contribution < -0.4 is 0 Å². The van der Waals surface area contributed by atoms with E-state index in [-0.39, 0.29) is 24.3 Å². The molecule has 0 fully saturated rings. The molecule has 1 rings (SSSR count). The average Bonchev–Trinajstić information content (AvgIpc) is 2.29. The summed E-state index contributed by atoms with van der Waals surface area (Å²) < 4.78 is 4.78. The number of carbonyl (C=O) groups excluding carboxylic acids is 1. The van der Waals surface area contributed by atoms with Crippen molar-refractivity contribution in [2.75, 3.05) is 6.61 Å². The topological polar surface area (TPSA) is 93.2 Å². The molecule has 0 aromatic heterocycles. The van der Waals surface area contributed by atoms with Crippen LogP contribution >= 0.6 is 0 Å². The van der Waals surface area contributed by atoms with Gasteiger partial charge in [0.2, 0.25) is 0 Å². The zero-order valence-corrected chi connectivity index (χ0v) is 10.1. The van der Waals surface area contributed by atoms with Gasteiger partial charge in [0.1, 0.15) is 0 Å². The minimum atomic E-state index is -0.551. The molecule has 0 saturated carbocycles. The summed E-state index contributed by atoms with van der Waals surface area (Å²) in [6, 6.07) is 4.52. The summed E-state index contributed by atoms with van der Waals surface area (Å²) in [5.74, 6) is -0.456. The lowest BCUT2D eigenvalue weighted by Crippen LogP contribution is -2.09. The number of nitriles is 1. The monoisotopic (exact) mass is 248 g/mol. The maximum absolute atomic E-state index is 11.3. The minimum absolute atomic E-state index is 0.0600. The molecule has 0 bridgehead atoms. The van der Waals surface area contributed by atoms with Crippen molar-refractivity contribution in [3.8, 4) is 6.07 Å². The highest BCUT2D eigenvalue weighted by atomic mass is 16.6. The van der Waals surface area contributed by atoms with Crippen molar-refractivity contribution in [3.63, 3.8) is 0 Å². The molecule has 0 N–H and O–H groups in total. The second kappa shape index (κ2) is 5.77. The van der Waals surface area contributed by atoms with E-state index in [9.17, 15) is 14.9 Å². The molecule has 0 aliphatic heterocycles. The summed E-state index contributed by atoms with van der Waals surface area (Å²) in [4.78, 5) is 21.5. The van der Waals surface area contributed by atoms with E-state index >= 15 is 0 Å². The van der Waals surface area contributed by atoms with Crippen LogP contribution in [0.3, 0.4) is 0 Å². The maximum atomic E-state index is 11.3. The van der Waals surface area contributed by atoms with Gasteiger partial charge >= 0.3 is 5.97 Å². The van der Waals surface area contributed by atoms with E-state index in [1.807, 2.05) is 6.07 Å². The van der Waals surface area contributed by atoms with Gasteiger partial charge in [-0.25, -0.2) is 0 Å². The number of hydrogen-bond donors (Lipinski definition) is 0. The van der Waals surface area contributed by atoms with Crippen LogP contribution in [0.4, 0.5) is 5.69 Å². The van der Waals surface area contributed by atoms with Crippen molar-refractivity contribution < 1.29 is 14.5 Å². The molecule has 94 valence electrons. The van der Waals surface area contributed by atoms with Gasteiger partial charge in [0.05, 0.1) is 29.6 Å². The Morgan fingerprint density at radius 2 is 2.22 bits per heavy atom. The highest BCUT2D eigenvalue weighted by Gasteiger charge is 2.17. The van der Waals surface area contributed by atoms with E-state index in [0.717, 1.165) is 0 Å². The normalized spacial score (nSPS) is 9.61. The molecule has 0 aliphatic rings. The van der Waals surface area contributed by atoms with Crippen molar-refractivity contribution in [2.24, 2.45) is 0 Å². The van der Waals surface area contributed by atoms with Crippen molar-refractivity contribution >= 4 is 11.7 Å². The molecule has 0 unspecified atom stereocenters. The fourth-order valence-electron chi connectivity index (χ4n) is 1.57. The van der Waals surface area contributed by atoms with Crippen LogP contribution in [-0.4, -0.2) is 17.5 Å². The zero-order chi connectivity index (χ0) is 13.7. The first-order valence-electron chi connectivity index (χ1n) is 5.33. The average molecular weight is 248 g/mol. The highest BCUT2D eigenvalue weighted by Crippen LogP contribution is 2.23. The van der Waals surface area contributed by atoms with Crippen molar-refractivity contribution in [2.45, 2.75) is 20.3 Å². The molecule has 0 spiro atoms. The quantitative estimate of drug-likeness (QED) is 0.460. The number of esters is 1. The lowest BCUT2D eigenvalue weighted by atomic mass is 10.0. The molecule has 1 aromatic rings. The van der Waals surface area contributed by atoms with Crippen LogP contribution in [0.25, 0.3) is 0 Å². The Labute approximate surface area is 104 Å². The first-order valence-corrected chi connectivity index (χ1v) is 5.33. The number of carbonyl (C=O) groups is 1. The molecule has 18 heavy (non-hydrogen) atoms. The SMILES string of the molecule is CCOC(=O)Cc1cc(C)c([N+](=O)[O-])cc1C#N. The third kappa shape index (κ3) is 3.04. The minimum Gasteiger partial charge on any atom is -0.466 e. The predicted molar refractivity (Wildman–Crippen MR) is 62.9 cm³/mol. The lowest BCUT2D eigenvalue weighted by molar-refractivity contribution is -0.385. The van der Waals surface area contributed by atoms with Gasteiger partial charge < -0.3 is 4.74 Å². The standard InChI is InChI=1S/C12H12N2O4/c1-3-18-12(15)6-9-4-8(2)11(14(16)17)5-10(9)7-13/h4-5H,3,6H2,1-2H3. The van der Waals surface area contributed by atoms with Gasteiger partial charge in [0.25, 0.3) is 5.69 Å². The van der Waals surface area contributed by atoms with Gasteiger partial charge in [-0.2, -0.15) is 5.26 Å². The van der Waals surface area contributed by atoms with Gasteiger partial charge in [-0.15, -0.1) is 0 Å². The number of ether oxygens (including phenoxy) is 1. The van der Waals surface area contributed by atoms with E-state index in [1.165, 1.54) is 12.1 Å². The smallest absolute Gasteiger partial charge is 0.310 e. The number of nitro groups is 1. The molecule has 0 heterocycles. The second-order valence-electron chi connectivity index (χ2n) is 3.65. The van der Waals surface area contributed by atoms with Crippen molar-refractivity contribution in [3.05, 3.63) is 38.9 Å². The van der Waals surface area contributed by atoms with Crippen LogP contribution in [0.5, 0.6) is 0 Å². The second-order valence-corrected chi connectivity index (χ2v) is 3.65. The Morgan fingerprint density at radius 3 is 2.72 bits per heavy atom. The lowest BCUT2D eigenvalue weighted by Gasteiger charge is -2.06. The van der Waals surface area contributed by atoms with Gasteiger partial charge in [-0.1, -0.05) is 0 Å². The molecule has 0 amide bonds. The fourth-order valence-corrected chi connectivity index (χ4v) is 1.57. The van der Waals surface area contributed by atoms with Crippen LogP contribution in [0, 0.1) is 28.4 Å². The Kier molecular flexibility index (Phi) is 4.38. The van der Waals surface area contributed by atoms with E-state index in [1.54, 1.807) is 13.8 Å². The molecule has 6 heteroatoms. The number of nitrogens with zero attached hydrogens (tertiary/aromatic N) is 2. The van der Waals surface area contributed by atoms with E-state index < -0.39 is 10.9 Å². The molecule has 0 aliphatic carbocycles. The summed E-state index contributed by atoms with van der Waals surface area (Å²) in [6.07, 6.45) is -0.0600. The van der Waals surface area contributed by atoms with E-state index in [0.29, 0.717) is 11.1 Å². The first kappa shape index (κ1) is 13.6. The van der Waals surface area contributed by atoms with Crippen LogP contribution in [-0.2, 0) is 16.0 Å². The van der Waals surface area contributed by atoms with Gasteiger partial charge in [0, 0.05) is 11.6 Å². The van der Waals surface area contributed by atoms with Gasteiger partial charge in [-0.3, -0.25) is 14.9 Å². The third-order valence-electron chi connectivity index (χ3n) is 2.38. The molecular weight excluding hydrogens is 236 g/mol. The Balaban J connectivity index is 3.14. The van der Waals surface area contributed by atoms with E-state index in [2.05, 4.69) is 0 Å². The van der Waals surface area contributed by atoms with Crippen LogP contribution in [0.1, 0.15) is 23.6 Å². The predicted octanol–water partition coefficient (Wildman–Crippen LogP) is 1.88. The van der Waals surface area contributed by atoms with E-state index in [4.69, 9.17) is 10.00 Å². The Bertz CT molecular complexity index is 532. The maximum Gasteiger partial charge on any atom is 0.310 e. The molecule has 0 radical (unpaired) electrons. The fraction of sp³-hybridized carbons (Fsp3) is 0.333. The largest absolute Gasteiger partial charge is 0.466 e. The number of hydrogen-bond acceptors (Lipinski definition) is 5. The number of nitro benzene ring substituents is 1. The highest BCUT2D eigenvalue weighted by molar-refractivity contribution is 5.74. The molecule has 0 atom stereocenters. The Morgan fingerprint density at radius 1 is 1.56 bits per heavy atom. The van der Waals surface area contributed by atoms with Crippen LogP contribution in [0.15, 0.2) is 12.1 Å². The summed E-state index contributed by atoms with van der Waals surface area (Å²) in [7, 11) is 0. The summed E-state index contributed by atoms with van der Waals surface area (Å²) in [5, 5.41) is 19.7. The van der Waals surface area contributed by atoms with Crippen molar-refractivity contribution in [1.29, 1.82) is 5.26 Å². The van der Waals surface area contributed by atoms with Crippen LogP contribution in [0.2, 0.25) is 0 Å². The summed E-state index contributed by atoms with van der Waals surface area (Å²) >= 11 is 0. The zero-order valence-electron chi connectivity index (χ0n) is 10.1. The molecule has 1 aromatic carbocycles. The summed E-state index contributed by atoms with van der Waals surface area (Å²) in [6.45, 7) is 3.50.